The van der Waals surface area contributed by atoms with Crippen molar-refractivity contribution >= 4 is 11.6 Å². The third kappa shape index (κ3) is 3.57. The number of halogens is 1. The Bertz CT molecular complexity index is 839. The first-order chi connectivity index (χ1) is 11.1. The summed E-state index contributed by atoms with van der Waals surface area (Å²) in [6.07, 6.45) is 3.33. The van der Waals surface area contributed by atoms with Gasteiger partial charge in [-0.15, -0.1) is 0 Å². The smallest absolute Gasteiger partial charge is 0.265 e. The van der Waals surface area contributed by atoms with Crippen LogP contribution in [0.4, 0.5) is 4.39 Å². The Morgan fingerprint density at radius 1 is 1.17 bits per heavy atom. The fourth-order valence-electron chi connectivity index (χ4n) is 2.28. The molecule has 0 aliphatic carbocycles. The average molecular weight is 312 g/mol. The molecular weight excluding hydrogens is 299 g/mol. The highest BCUT2D eigenvalue weighted by molar-refractivity contribution is 6.43. The lowest BCUT2D eigenvalue weighted by molar-refractivity contribution is -0.114. The van der Waals surface area contributed by atoms with Crippen LogP contribution in [0.25, 0.3) is 0 Å². The van der Waals surface area contributed by atoms with Gasteiger partial charge in [0.1, 0.15) is 12.1 Å². The molecule has 0 spiro atoms. The maximum Gasteiger partial charge on any atom is 0.265 e. The molecule has 0 bridgehead atoms. The third-order valence-corrected chi connectivity index (χ3v) is 3.33. The van der Waals surface area contributed by atoms with Gasteiger partial charge in [0.05, 0.1) is 0 Å². The van der Waals surface area contributed by atoms with Crippen LogP contribution in [0.2, 0.25) is 0 Å². The van der Waals surface area contributed by atoms with Crippen molar-refractivity contribution < 1.29 is 14.0 Å². The van der Waals surface area contributed by atoms with Gasteiger partial charge >= 0.3 is 0 Å². The number of benzene rings is 1. The number of hydrogen-bond donors (Lipinski definition) is 2. The summed E-state index contributed by atoms with van der Waals surface area (Å²) in [5.41, 5.74) is 2.35. The molecule has 0 saturated heterocycles. The van der Waals surface area contributed by atoms with Crippen LogP contribution in [0, 0.1) is 5.82 Å². The van der Waals surface area contributed by atoms with Crippen LogP contribution in [0.1, 0.15) is 27.4 Å². The third-order valence-electron chi connectivity index (χ3n) is 3.33. The Morgan fingerprint density at radius 3 is 2.78 bits per heavy atom. The van der Waals surface area contributed by atoms with Crippen LogP contribution >= 0.6 is 0 Å². The quantitative estimate of drug-likeness (QED) is 0.537. The number of nitrogens with zero attached hydrogens (tertiary/aromatic N) is 2. The Hall–Kier alpha value is -3.09. The average Bonchev–Trinajstić information content (AvgIpc) is 3.18. The number of ketones is 2. The van der Waals surface area contributed by atoms with Crippen molar-refractivity contribution in [1.82, 2.24) is 20.2 Å². The van der Waals surface area contributed by atoms with Crippen molar-refractivity contribution in [2.24, 2.45) is 0 Å². The number of carbonyl (C=O) groups excluding carboxylic acids is 2. The normalized spacial score (nSPS) is 10.7. The van der Waals surface area contributed by atoms with Gasteiger partial charge in [0.2, 0.25) is 5.78 Å². The molecule has 6 nitrogen and oxygen atoms in total. The monoisotopic (exact) mass is 312 g/mol. The van der Waals surface area contributed by atoms with Gasteiger partial charge in [-0.3, -0.25) is 14.7 Å². The van der Waals surface area contributed by atoms with E-state index in [0.29, 0.717) is 12.0 Å². The minimum atomic E-state index is -0.699. The van der Waals surface area contributed by atoms with Crippen molar-refractivity contribution in [3.63, 3.8) is 0 Å². The van der Waals surface area contributed by atoms with Crippen LogP contribution < -0.4 is 0 Å². The number of nitrogens with one attached hydrogen (secondary N) is 2. The van der Waals surface area contributed by atoms with Crippen molar-refractivity contribution in [3.05, 3.63) is 71.3 Å². The minimum Gasteiger partial charge on any atom is -0.364 e. The van der Waals surface area contributed by atoms with Crippen molar-refractivity contribution in [1.29, 1.82) is 0 Å². The highest BCUT2D eigenvalue weighted by atomic mass is 19.1. The summed E-state index contributed by atoms with van der Waals surface area (Å²) >= 11 is 0. The molecule has 2 aromatic heterocycles. The predicted octanol–water partition coefficient (Wildman–Crippen LogP) is 1.86. The minimum absolute atomic E-state index is 0.0286. The number of rotatable bonds is 6. The van der Waals surface area contributed by atoms with E-state index in [-0.39, 0.29) is 18.1 Å². The predicted molar refractivity (Wildman–Crippen MR) is 79.4 cm³/mol. The van der Waals surface area contributed by atoms with Gasteiger partial charge in [-0.2, -0.15) is 5.10 Å². The Balaban J connectivity index is 1.65. The number of Topliss-reactive ketones (excluding diaryl/α,β-unsaturated/α-hetero) is 2. The summed E-state index contributed by atoms with van der Waals surface area (Å²) in [4.78, 5) is 30.4. The summed E-state index contributed by atoms with van der Waals surface area (Å²) in [6.45, 7) is 0. The second-order valence-corrected chi connectivity index (χ2v) is 5.10. The SMILES string of the molecule is O=C(Cc1c[nH]c(Cc2cccc(F)c2)c1)C(=O)c1ncn[nH]1. The van der Waals surface area contributed by atoms with E-state index in [0.717, 1.165) is 11.3 Å². The van der Waals surface area contributed by atoms with Crippen LogP contribution in [0.3, 0.4) is 0 Å². The number of aromatic nitrogens is 4. The summed E-state index contributed by atoms with van der Waals surface area (Å²) in [7, 11) is 0. The summed E-state index contributed by atoms with van der Waals surface area (Å²) in [5, 5.41) is 5.92. The first-order valence-electron chi connectivity index (χ1n) is 6.95. The van der Waals surface area contributed by atoms with E-state index < -0.39 is 11.6 Å². The standard InChI is InChI=1S/C16H13FN4O2/c17-12-3-1-2-10(4-12)5-13-6-11(8-18-13)7-14(22)15(23)16-19-9-20-21-16/h1-4,6,8-9,18H,5,7H2,(H,19,20,21). The molecule has 23 heavy (non-hydrogen) atoms. The van der Waals surface area contributed by atoms with Gasteiger partial charge in [-0.05, 0) is 29.3 Å². The van der Waals surface area contributed by atoms with E-state index in [1.165, 1.54) is 18.5 Å². The molecule has 0 aliphatic rings. The molecule has 2 heterocycles. The zero-order valence-electron chi connectivity index (χ0n) is 12.0. The fraction of sp³-hybridized carbons (Fsp3) is 0.125. The van der Waals surface area contributed by atoms with Crippen molar-refractivity contribution in [2.75, 3.05) is 0 Å². The lowest BCUT2D eigenvalue weighted by Crippen LogP contribution is -2.17. The van der Waals surface area contributed by atoms with E-state index in [1.54, 1.807) is 18.3 Å². The molecule has 116 valence electrons. The number of carbonyl (C=O) groups is 2. The van der Waals surface area contributed by atoms with E-state index in [4.69, 9.17) is 0 Å². The lowest BCUT2D eigenvalue weighted by atomic mass is 10.1. The van der Waals surface area contributed by atoms with E-state index in [9.17, 15) is 14.0 Å². The van der Waals surface area contributed by atoms with Crippen molar-refractivity contribution in [2.45, 2.75) is 12.8 Å². The Labute approximate surface area is 130 Å². The summed E-state index contributed by atoms with van der Waals surface area (Å²) in [6, 6.07) is 8.10. The second kappa shape index (κ2) is 6.35. The largest absolute Gasteiger partial charge is 0.364 e. The highest BCUT2D eigenvalue weighted by Gasteiger charge is 2.19. The highest BCUT2D eigenvalue weighted by Crippen LogP contribution is 2.12. The van der Waals surface area contributed by atoms with Crippen LogP contribution in [-0.2, 0) is 17.6 Å². The maximum atomic E-state index is 13.2. The molecule has 0 saturated carbocycles. The Kier molecular flexibility index (Phi) is 4.09. The van der Waals surface area contributed by atoms with Crippen molar-refractivity contribution in [3.8, 4) is 0 Å². The van der Waals surface area contributed by atoms with Crippen LogP contribution in [0.5, 0.6) is 0 Å². The molecular formula is C16H13FN4O2. The first kappa shape index (κ1) is 14.8. The van der Waals surface area contributed by atoms with Gasteiger partial charge in [-0.25, -0.2) is 9.37 Å². The van der Waals surface area contributed by atoms with Gasteiger partial charge in [0.15, 0.2) is 5.82 Å². The topological polar surface area (TPSA) is 91.5 Å². The summed E-state index contributed by atoms with van der Waals surface area (Å²) in [5.74, 6) is -1.62. The molecule has 0 unspecified atom stereocenters. The molecule has 1 aromatic carbocycles. The lowest BCUT2D eigenvalue weighted by Gasteiger charge is -1.99. The second-order valence-electron chi connectivity index (χ2n) is 5.10. The molecule has 0 fully saturated rings. The number of H-pyrrole nitrogens is 2. The molecule has 0 amide bonds. The van der Waals surface area contributed by atoms with Gasteiger partial charge < -0.3 is 4.98 Å². The molecule has 3 aromatic rings. The molecule has 0 radical (unpaired) electrons. The first-order valence-corrected chi connectivity index (χ1v) is 6.95. The number of hydrogen-bond acceptors (Lipinski definition) is 4. The van der Waals surface area contributed by atoms with Gasteiger partial charge in [0.25, 0.3) is 5.78 Å². The fourth-order valence-corrected chi connectivity index (χ4v) is 2.28. The molecule has 3 rings (SSSR count). The maximum absolute atomic E-state index is 13.2. The Morgan fingerprint density at radius 2 is 2.04 bits per heavy atom. The molecule has 0 aliphatic heterocycles. The van der Waals surface area contributed by atoms with Crippen LogP contribution in [-0.4, -0.2) is 31.7 Å². The molecule has 0 atom stereocenters. The van der Waals surface area contributed by atoms with Crippen LogP contribution in [0.15, 0.2) is 42.9 Å². The van der Waals surface area contributed by atoms with E-state index >= 15 is 0 Å². The zero-order chi connectivity index (χ0) is 16.2. The molecule has 2 N–H and O–H groups in total. The molecule has 7 heteroatoms. The van der Waals surface area contributed by atoms with E-state index in [1.807, 2.05) is 6.07 Å². The van der Waals surface area contributed by atoms with Gasteiger partial charge in [-0.1, -0.05) is 12.1 Å². The zero-order valence-corrected chi connectivity index (χ0v) is 12.0. The number of aromatic amines is 2. The van der Waals surface area contributed by atoms with Gasteiger partial charge in [0, 0.05) is 24.7 Å². The summed E-state index contributed by atoms with van der Waals surface area (Å²) < 4.78 is 13.2. The van der Waals surface area contributed by atoms with E-state index in [2.05, 4.69) is 20.2 Å².